The van der Waals surface area contributed by atoms with Gasteiger partial charge in [0.25, 0.3) is 0 Å². The molecule has 14 heavy (non-hydrogen) atoms. The number of hydrogen-bond donors (Lipinski definition) is 1. The smallest absolute Gasteiger partial charge is 0.161 e. The second-order valence-electron chi connectivity index (χ2n) is 3.50. The fraction of sp³-hybridized carbons (Fsp3) is 0.364. The number of hydrogen-bond acceptors (Lipinski definition) is 3. The summed E-state index contributed by atoms with van der Waals surface area (Å²) in [5.74, 6) is 1.66. The molecule has 2 atom stereocenters. The molecule has 1 aromatic rings. The Bertz CT molecular complexity index is 307. The maximum atomic E-state index is 5.81. The van der Waals surface area contributed by atoms with Crippen LogP contribution in [0.2, 0.25) is 0 Å². The fourth-order valence-corrected chi connectivity index (χ4v) is 1.80. The molecule has 0 amide bonds. The summed E-state index contributed by atoms with van der Waals surface area (Å²) in [6, 6.07) is 7.76. The summed E-state index contributed by atoms with van der Waals surface area (Å²) in [6.45, 7) is 3.97. The molecule has 72 valence electrons. The molecule has 1 fully saturated rings. The van der Waals surface area contributed by atoms with Crippen molar-refractivity contribution in [1.82, 2.24) is 5.32 Å². The van der Waals surface area contributed by atoms with Gasteiger partial charge in [0.2, 0.25) is 0 Å². The van der Waals surface area contributed by atoms with Crippen molar-refractivity contribution in [3.8, 4) is 11.5 Å². The Kier molecular flexibility index (Phi) is 1.84. The molecule has 3 nitrogen and oxygen atoms in total. The number of benzene rings is 1. The zero-order valence-electron chi connectivity index (χ0n) is 7.69. The number of fused-ring (bicyclic) bond motifs is 2. The third-order valence-corrected chi connectivity index (χ3v) is 2.52. The van der Waals surface area contributed by atoms with Gasteiger partial charge in [0.1, 0.15) is 12.6 Å². The third-order valence-electron chi connectivity index (χ3n) is 2.52. The maximum Gasteiger partial charge on any atom is 0.161 e. The minimum absolute atomic E-state index is 0.0707. The molecule has 2 radical (unpaired) electrons. The Morgan fingerprint density at radius 1 is 1.21 bits per heavy atom. The molecule has 3 heteroatoms. The van der Waals surface area contributed by atoms with E-state index in [4.69, 9.17) is 9.47 Å². The zero-order chi connectivity index (χ0) is 9.38. The first-order valence-corrected chi connectivity index (χ1v) is 4.84. The van der Waals surface area contributed by atoms with Crippen LogP contribution in [0.4, 0.5) is 0 Å². The van der Waals surface area contributed by atoms with E-state index < -0.39 is 0 Å². The number of ether oxygens (including phenoxy) is 2. The number of rotatable bonds is 0. The van der Waals surface area contributed by atoms with Crippen molar-refractivity contribution in [3.05, 3.63) is 30.8 Å². The first kappa shape index (κ1) is 8.12. The zero-order valence-corrected chi connectivity index (χ0v) is 7.69. The van der Waals surface area contributed by atoms with Crippen LogP contribution in [-0.4, -0.2) is 18.8 Å². The molecular weight excluding hydrogens is 178 g/mol. The number of piperidine rings is 1. The quantitative estimate of drug-likeness (QED) is 0.665. The normalized spacial score (nSPS) is 29.4. The first-order valence-electron chi connectivity index (χ1n) is 4.84. The van der Waals surface area contributed by atoms with E-state index in [0.29, 0.717) is 0 Å². The lowest BCUT2D eigenvalue weighted by atomic mass is 10.1. The van der Waals surface area contributed by atoms with Crippen LogP contribution in [-0.2, 0) is 0 Å². The highest BCUT2D eigenvalue weighted by Gasteiger charge is 2.34. The Morgan fingerprint density at radius 3 is 2.86 bits per heavy atom. The average molecular weight is 189 g/mol. The molecule has 0 aliphatic carbocycles. The predicted octanol–water partition coefficient (Wildman–Crippen LogP) is 1.23. The van der Waals surface area contributed by atoms with Crippen LogP contribution in [0.1, 0.15) is 6.42 Å². The molecule has 0 saturated carbocycles. The van der Waals surface area contributed by atoms with Gasteiger partial charge < -0.3 is 14.8 Å². The monoisotopic (exact) mass is 189 g/mol. The number of nitrogens with one attached hydrogen (secondary N) is 1. The van der Waals surface area contributed by atoms with Crippen LogP contribution < -0.4 is 14.8 Å². The van der Waals surface area contributed by atoms with E-state index in [9.17, 15) is 0 Å². The molecule has 0 bridgehead atoms. The van der Waals surface area contributed by atoms with Gasteiger partial charge in [0.15, 0.2) is 17.6 Å². The summed E-state index contributed by atoms with van der Waals surface area (Å²) >= 11 is 0. The van der Waals surface area contributed by atoms with Crippen LogP contribution >= 0.6 is 0 Å². The molecule has 2 aliphatic heterocycles. The topological polar surface area (TPSA) is 30.5 Å². The molecule has 0 aromatic heterocycles. The Hall–Kier alpha value is -1.22. The van der Waals surface area contributed by atoms with E-state index in [1.807, 2.05) is 24.3 Å². The van der Waals surface area contributed by atoms with Crippen molar-refractivity contribution in [2.24, 2.45) is 0 Å². The predicted molar refractivity (Wildman–Crippen MR) is 51.1 cm³/mol. The van der Waals surface area contributed by atoms with Gasteiger partial charge in [-0.25, -0.2) is 0 Å². The van der Waals surface area contributed by atoms with E-state index in [2.05, 4.69) is 11.9 Å². The van der Waals surface area contributed by atoms with Crippen LogP contribution in [0.15, 0.2) is 24.3 Å². The third kappa shape index (κ3) is 1.24. The van der Waals surface area contributed by atoms with Gasteiger partial charge in [-0.1, -0.05) is 12.1 Å². The van der Waals surface area contributed by atoms with Gasteiger partial charge in [-0.05, 0) is 18.7 Å². The van der Waals surface area contributed by atoms with Crippen molar-refractivity contribution >= 4 is 0 Å². The summed E-state index contributed by atoms with van der Waals surface area (Å²) in [7, 11) is 0. The number of para-hydroxylation sites is 2. The lowest BCUT2D eigenvalue weighted by Crippen LogP contribution is -2.48. The van der Waals surface area contributed by atoms with E-state index in [1.54, 1.807) is 0 Å². The standard InChI is InChI=1S/C11H11NO2/c1-2-4-9-8(3-1)13-10-5-6-12-7-11(10)14-9/h1-4,10-12H,5-6H2. The van der Waals surface area contributed by atoms with Gasteiger partial charge in [-0.2, -0.15) is 0 Å². The van der Waals surface area contributed by atoms with Crippen LogP contribution in [0, 0.1) is 6.54 Å². The van der Waals surface area contributed by atoms with Crippen LogP contribution in [0.25, 0.3) is 0 Å². The van der Waals surface area contributed by atoms with E-state index in [1.165, 1.54) is 0 Å². The molecule has 2 unspecified atom stereocenters. The Labute approximate surface area is 83.0 Å². The fourth-order valence-electron chi connectivity index (χ4n) is 1.80. The SMILES string of the molecule is [C]1NCCC2Oc3ccccc3OC12. The summed E-state index contributed by atoms with van der Waals surface area (Å²) < 4.78 is 11.5. The average Bonchev–Trinajstić information content (AvgIpc) is 2.26. The van der Waals surface area contributed by atoms with Gasteiger partial charge >= 0.3 is 0 Å². The molecule has 1 saturated heterocycles. The second kappa shape index (κ2) is 3.17. The van der Waals surface area contributed by atoms with E-state index in [-0.39, 0.29) is 12.2 Å². The summed E-state index contributed by atoms with van der Waals surface area (Å²) in [5.41, 5.74) is 0. The molecular formula is C11H11NO2. The molecule has 2 heterocycles. The van der Waals surface area contributed by atoms with Gasteiger partial charge in [0, 0.05) is 6.42 Å². The maximum absolute atomic E-state index is 5.81. The second-order valence-corrected chi connectivity index (χ2v) is 3.50. The highest BCUT2D eigenvalue weighted by Crippen LogP contribution is 2.35. The molecule has 1 aromatic carbocycles. The molecule has 1 N–H and O–H groups in total. The Morgan fingerprint density at radius 2 is 2.00 bits per heavy atom. The van der Waals surface area contributed by atoms with Crippen molar-refractivity contribution in [3.63, 3.8) is 0 Å². The Balaban J connectivity index is 1.91. The van der Waals surface area contributed by atoms with Gasteiger partial charge in [-0.3, -0.25) is 0 Å². The minimum Gasteiger partial charge on any atom is -0.483 e. The lowest BCUT2D eigenvalue weighted by molar-refractivity contribution is 0.0188. The van der Waals surface area contributed by atoms with Crippen molar-refractivity contribution in [2.45, 2.75) is 18.6 Å². The molecule has 0 spiro atoms. The largest absolute Gasteiger partial charge is 0.483 e. The van der Waals surface area contributed by atoms with Crippen molar-refractivity contribution in [2.75, 3.05) is 6.54 Å². The van der Waals surface area contributed by atoms with Crippen LogP contribution in [0.3, 0.4) is 0 Å². The minimum atomic E-state index is -0.0707. The van der Waals surface area contributed by atoms with Crippen molar-refractivity contribution < 1.29 is 9.47 Å². The highest BCUT2D eigenvalue weighted by molar-refractivity contribution is 5.41. The molecule has 2 aliphatic rings. The first-order chi connectivity index (χ1) is 6.93. The summed E-state index contributed by atoms with van der Waals surface area (Å²) in [6.07, 6.45) is 1.01. The highest BCUT2D eigenvalue weighted by atomic mass is 16.6. The molecule has 3 rings (SSSR count). The summed E-state index contributed by atoms with van der Waals surface area (Å²) in [4.78, 5) is 0. The lowest BCUT2D eigenvalue weighted by Gasteiger charge is -2.36. The summed E-state index contributed by atoms with van der Waals surface area (Å²) in [5, 5.41) is 3.06. The van der Waals surface area contributed by atoms with E-state index >= 15 is 0 Å². The van der Waals surface area contributed by atoms with Crippen molar-refractivity contribution in [1.29, 1.82) is 0 Å². The van der Waals surface area contributed by atoms with Crippen LogP contribution in [0.5, 0.6) is 11.5 Å². The van der Waals surface area contributed by atoms with Gasteiger partial charge in [0.05, 0.1) is 0 Å². The van der Waals surface area contributed by atoms with Gasteiger partial charge in [-0.15, -0.1) is 0 Å². The van der Waals surface area contributed by atoms with E-state index in [0.717, 1.165) is 24.5 Å².